The Morgan fingerprint density at radius 3 is 1.30 bits per heavy atom. The van der Waals surface area contributed by atoms with Gasteiger partial charge in [-0.05, 0) is 12.8 Å². The Labute approximate surface area is 164 Å². The predicted molar refractivity (Wildman–Crippen MR) is 99.2 cm³/mol. The molecule has 0 atom stereocenters. The van der Waals surface area contributed by atoms with Crippen molar-refractivity contribution in [3.63, 3.8) is 0 Å². The van der Waals surface area contributed by atoms with E-state index in [4.69, 9.17) is 5.11 Å². The highest BCUT2D eigenvalue weighted by molar-refractivity contribution is 4.49. The lowest BCUT2D eigenvalue weighted by Crippen LogP contribution is -3.00. The van der Waals surface area contributed by atoms with Gasteiger partial charge in [-0.3, -0.25) is 0 Å². The molecule has 2 nitrogen and oxygen atoms in total. The van der Waals surface area contributed by atoms with Gasteiger partial charge in [0.15, 0.2) is 0 Å². The maximum atomic E-state index is 8.90. The van der Waals surface area contributed by atoms with Crippen LogP contribution in [0.15, 0.2) is 0 Å². The van der Waals surface area contributed by atoms with Crippen LogP contribution in [0.25, 0.3) is 0 Å². The molecule has 142 valence electrons. The van der Waals surface area contributed by atoms with E-state index in [0.717, 1.165) is 17.4 Å². The van der Waals surface area contributed by atoms with Crippen molar-refractivity contribution >= 4 is 0 Å². The summed E-state index contributed by atoms with van der Waals surface area (Å²) in [6.45, 7) is 4.99. The van der Waals surface area contributed by atoms with E-state index < -0.39 is 0 Å². The minimum Gasteiger partial charge on any atom is -1.00 e. The number of quaternary nitrogens is 1. The summed E-state index contributed by atoms with van der Waals surface area (Å²) in [5, 5.41) is 8.90. The standard InChI is InChI=1S/C20H44NO.HI/c1-4-5-6-7-8-9-10-11-12-13-14-15-16-18-21(2,3)19-17-20-22;/h22H,4-20H2,1-3H3;1H/q+1;/p-1. The highest BCUT2D eigenvalue weighted by Gasteiger charge is 2.12. The molecule has 0 bridgehead atoms. The van der Waals surface area contributed by atoms with Gasteiger partial charge in [-0.25, -0.2) is 0 Å². The second-order valence-electron chi connectivity index (χ2n) is 7.70. The summed E-state index contributed by atoms with van der Waals surface area (Å²) in [6.07, 6.45) is 19.5. The molecular formula is C20H44INO. The molecule has 0 fully saturated rings. The van der Waals surface area contributed by atoms with E-state index in [1.54, 1.807) is 0 Å². The molecule has 0 unspecified atom stereocenters. The largest absolute Gasteiger partial charge is 1.00 e. The zero-order valence-electron chi connectivity index (χ0n) is 16.3. The quantitative estimate of drug-likeness (QED) is 0.209. The Morgan fingerprint density at radius 1 is 0.565 bits per heavy atom. The van der Waals surface area contributed by atoms with Crippen LogP contribution in [0.3, 0.4) is 0 Å². The maximum absolute atomic E-state index is 8.90. The number of aliphatic hydroxyl groups excluding tert-OH is 1. The fourth-order valence-electron chi connectivity index (χ4n) is 3.17. The average molecular weight is 441 g/mol. The monoisotopic (exact) mass is 441 g/mol. The zero-order chi connectivity index (χ0) is 16.5. The number of nitrogens with zero attached hydrogens (tertiary/aromatic N) is 1. The first-order chi connectivity index (χ1) is 10.6. The van der Waals surface area contributed by atoms with Gasteiger partial charge in [0, 0.05) is 13.0 Å². The van der Waals surface area contributed by atoms with E-state index in [1.807, 2.05) is 0 Å². The van der Waals surface area contributed by atoms with Crippen molar-refractivity contribution in [3.05, 3.63) is 0 Å². The molecular weight excluding hydrogens is 397 g/mol. The summed E-state index contributed by atoms with van der Waals surface area (Å²) >= 11 is 0. The number of aliphatic hydroxyl groups is 1. The molecule has 0 radical (unpaired) electrons. The van der Waals surface area contributed by atoms with Crippen LogP contribution in [0.5, 0.6) is 0 Å². The molecule has 0 aliphatic rings. The summed E-state index contributed by atoms with van der Waals surface area (Å²) in [7, 11) is 4.58. The number of hydrogen-bond donors (Lipinski definition) is 1. The van der Waals surface area contributed by atoms with E-state index in [9.17, 15) is 0 Å². The van der Waals surface area contributed by atoms with Gasteiger partial charge >= 0.3 is 0 Å². The van der Waals surface area contributed by atoms with Crippen LogP contribution in [0.1, 0.15) is 96.8 Å². The van der Waals surface area contributed by atoms with Crippen molar-refractivity contribution in [2.24, 2.45) is 0 Å². The molecule has 0 aromatic rings. The van der Waals surface area contributed by atoms with Crippen molar-refractivity contribution < 1.29 is 33.6 Å². The molecule has 0 heterocycles. The van der Waals surface area contributed by atoms with Gasteiger partial charge in [0.1, 0.15) is 0 Å². The normalized spacial score (nSPS) is 11.5. The van der Waals surface area contributed by atoms with E-state index >= 15 is 0 Å². The van der Waals surface area contributed by atoms with Gasteiger partial charge in [0.25, 0.3) is 0 Å². The van der Waals surface area contributed by atoms with E-state index in [-0.39, 0.29) is 24.0 Å². The number of unbranched alkanes of at least 4 members (excludes halogenated alkanes) is 12. The third-order valence-corrected chi connectivity index (χ3v) is 4.79. The van der Waals surface area contributed by atoms with Crippen molar-refractivity contribution in [3.8, 4) is 0 Å². The van der Waals surface area contributed by atoms with Crippen LogP contribution in [-0.2, 0) is 0 Å². The summed E-state index contributed by atoms with van der Waals surface area (Å²) in [6, 6.07) is 0. The fraction of sp³-hybridized carbons (Fsp3) is 1.00. The van der Waals surface area contributed by atoms with Crippen LogP contribution in [-0.4, -0.2) is 43.4 Å². The van der Waals surface area contributed by atoms with Gasteiger partial charge in [-0.2, -0.15) is 0 Å². The minimum atomic E-state index is 0. The molecule has 1 N–H and O–H groups in total. The predicted octanol–water partition coefficient (Wildman–Crippen LogP) is 2.54. The molecule has 3 heteroatoms. The van der Waals surface area contributed by atoms with E-state index in [1.165, 1.54) is 90.0 Å². The molecule has 23 heavy (non-hydrogen) atoms. The fourth-order valence-corrected chi connectivity index (χ4v) is 3.17. The lowest BCUT2D eigenvalue weighted by Gasteiger charge is -2.29. The molecule has 0 saturated carbocycles. The van der Waals surface area contributed by atoms with E-state index in [2.05, 4.69) is 21.0 Å². The maximum Gasteiger partial charge on any atom is 0.0804 e. The lowest BCUT2D eigenvalue weighted by atomic mass is 10.0. The van der Waals surface area contributed by atoms with Gasteiger partial charge in [-0.1, -0.05) is 77.6 Å². The minimum absolute atomic E-state index is 0. The van der Waals surface area contributed by atoms with Crippen molar-refractivity contribution in [1.82, 2.24) is 0 Å². The zero-order valence-corrected chi connectivity index (χ0v) is 18.5. The Morgan fingerprint density at radius 2 is 0.913 bits per heavy atom. The van der Waals surface area contributed by atoms with Crippen LogP contribution >= 0.6 is 0 Å². The molecule has 0 aliphatic heterocycles. The summed E-state index contributed by atoms with van der Waals surface area (Å²) < 4.78 is 1.07. The smallest absolute Gasteiger partial charge is 0.0804 e. The van der Waals surface area contributed by atoms with Crippen molar-refractivity contribution in [1.29, 1.82) is 0 Å². The molecule has 0 rings (SSSR count). The van der Waals surface area contributed by atoms with Crippen LogP contribution in [0.4, 0.5) is 0 Å². The molecule has 0 saturated heterocycles. The number of hydrogen-bond acceptors (Lipinski definition) is 1. The van der Waals surface area contributed by atoms with Crippen molar-refractivity contribution in [2.45, 2.75) is 96.8 Å². The van der Waals surface area contributed by atoms with Gasteiger partial charge in [0.2, 0.25) is 0 Å². The number of rotatable bonds is 17. The lowest BCUT2D eigenvalue weighted by molar-refractivity contribution is -0.890. The Bertz CT molecular complexity index is 222. The first-order valence-corrected chi connectivity index (χ1v) is 10.1. The Kier molecular flexibility index (Phi) is 21.4. The summed E-state index contributed by atoms with van der Waals surface area (Å²) in [4.78, 5) is 0. The first-order valence-electron chi connectivity index (χ1n) is 10.1. The van der Waals surface area contributed by atoms with Crippen molar-refractivity contribution in [2.75, 3.05) is 33.8 Å². The highest BCUT2D eigenvalue weighted by atomic mass is 127. The second kappa shape index (κ2) is 19.0. The van der Waals surface area contributed by atoms with Crippen LogP contribution < -0.4 is 24.0 Å². The van der Waals surface area contributed by atoms with Gasteiger partial charge in [0.05, 0.1) is 27.2 Å². The topological polar surface area (TPSA) is 20.2 Å². The number of halogens is 1. The van der Waals surface area contributed by atoms with Gasteiger partial charge in [-0.15, -0.1) is 0 Å². The molecule has 0 aromatic carbocycles. The Balaban J connectivity index is 0. The molecule has 0 amide bonds. The third-order valence-electron chi connectivity index (χ3n) is 4.79. The molecule has 0 aromatic heterocycles. The molecule has 0 spiro atoms. The van der Waals surface area contributed by atoms with Gasteiger partial charge < -0.3 is 33.6 Å². The average Bonchev–Trinajstić information content (AvgIpc) is 2.50. The van der Waals surface area contributed by atoms with Crippen LogP contribution in [0.2, 0.25) is 0 Å². The second-order valence-corrected chi connectivity index (χ2v) is 7.70. The Hall–Kier alpha value is 0.650. The highest BCUT2D eigenvalue weighted by Crippen LogP contribution is 2.13. The third kappa shape index (κ3) is 20.6. The van der Waals surface area contributed by atoms with E-state index in [0.29, 0.717) is 6.61 Å². The first kappa shape index (κ1) is 25.9. The van der Waals surface area contributed by atoms with Crippen LogP contribution in [0, 0.1) is 0 Å². The SMILES string of the molecule is CCCCCCCCCCCCCCC[N+](C)(C)CCCO.[I-]. The summed E-state index contributed by atoms with van der Waals surface area (Å²) in [5.41, 5.74) is 0. The summed E-state index contributed by atoms with van der Waals surface area (Å²) in [5.74, 6) is 0. The molecule has 0 aliphatic carbocycles.